The lowest BCUT2D eigenvalue weighted by molar-refractivity contribution is -0.0118. The third-order valence-electron chi connectivity index (χ3n) is 5.23. The van der Waals surface area contributed by atoms with Crippen molar-refractivity contribution in [2.75, 3.05) is 0 Å². The van der Waals surface area contributed by atoms with Crippen molar-refractivity contribution in [3.8, 4) is 0 Å². The highest BCUT2D eigenvalue weighted by molar-refractivity contribution is 7.11. The average Bonchev–Trinajstić information content (AvgIpc) is 2.60. The highest BCUT2D eigenvalue weighted by Gasteiger charge is 2.64. The van der Waals surface area contributed by atoms with Gasteiger partial charge < -0.3 is 18.6 Å². The molecule has 0 amide bonds. The molecule has 2 saturated heterocycles. The highest BCUT2D eigenvalue weighted by atomic mass is 16.7. The molecule has 0 aromatic rings. The van der Waals surface area contributed by atoms with Crippen LogP contribution in [-0.4, -0.2) is 36.4 Å². The van der Waals surface area contributed by atoms with E-state index in [1.807, 2.05) is 27.7 Å². The smallest absolute Gasteiger partial charge is 0.405 e. The molecular weight excluding hydrogens is 242 g/mol. The van der Waals surface area contributed by atoms with Gasteiger partial charge in [-0.3, -0.25) is 0 Å². The van der Waals surface area contributed by atoms with Gasteiger partial charge in [-0.25, -0.2) is 0 Å². The van der Waals surface area contributed by atoms with Gasteiger partial charge in [0.2, 0.25) is 0 Å². The van der Waals surface area contributed by atoms with Crippen LogP contribution in [0.15, 0.2) is 0 Å². The third kappa shape index (κ3) is 2.27. The van der Waals surface area contributed by atoms with Gasteiger partial charge in [0.1, 0.15) is 0 Å². The summed E-state index contributed by atoms with van der Waals surface area (Å²) in [4.78, 5) is 0. The number of hydrogen-bond acceptors (Lipinski definition) is 4. The average molecular weight is 268 g/mol. The standard InChI is InChI=1S/C13H26B2O4/c1-9-13(8)12(6,7)18-15(19-13)14-16-10(2,3)11(4,5)17-14/h9H2,1-8H3. The molecule has 2 rings (SSSR count). The monoisotopic (exact) mass is 268 g/mol. The predicted octanol–water partition coefficient (Wildman–Crippen LogP) is 2.64. The van der Waals surface area contributed by atoms with Crippen LogP contribution in [0.3, 0.4) is 0 Å². The van der Waals surface area contributed by atoms with E-state index >= 15 is 0 Å². The largest absolute Gasteiger partial charge is 0.488 e. The van der Waals surface area contributed by atoms with Gasteiger partial charge >= 0.3 is 14.0 Å². The first-order valence-electron chi connectivity index (χ1n) is 7.15. The van der Waals surface area contributed by atoms with Crippen LogP contribution in [-0.2, 0) is 18.6 Å². The summed E-state index contributed by atoms with van der Waals surface area (Å²) in [6.45, 7) is 16.4. The Kier molecular flexibility index (Phi) is 3.42. The minimum Gasteiger partial charge on any atom is -0.405 e. The summed E-state index contributed by atoms with van der Waals surface area (Å²) in [7, 11) is -0.946. The minimum absolute atomic E-state index is 0.318. The van der Waals surface area contributed by atoms with Crippen molar-refractivity contribution in [1.82, 2.24) is 0 Å². The SMILES string of the molecule is CCC1(C)OB(B2OC(C)(C)C(C)(C)O2)OC1(C)C. The van der Waals surface area contributed by atoms with Crippen LogP contribution >= 0.6 is 0 Å². The lowest BCUT2D eigenvalue weighted by Gasteiger charge is -2.35. The van der Waals surface area contributed by atoms with E-state index in [4.69, 9.17) is 18.6 Å². The lowest BCUT2D eigenvalue weighted by Crippen LogP contribution is -2.44. The van der Waals surface area contributed by atoms with Gasteiger partial charge in [0.05, 0.1) is 22.4 Å². The Morgan fingerprint density at radius 3 is 1.37 bits per heavy atom. The highest BCUT2D eigenvalue weighted by Crippen LogP contribution is 2.44. The summed E-state index contributed by atoms with van der Waals surface area (Å²) in [5, 5.41) is 0. The third-order valence-corrected chi connectivity index (χ3v) is 5.23. The van der Waals surface area contributed by atoms with E-state index in [9.17, 15) is 0 Å². The zero-order valence-corrected chi connectivity index (χ0v) is 13.5. The van der Waals surface area contributed by atoms with E-state index in [0.717, 1.165) is 6.42 Å². The summed E-state index contributed by atoms with van der Waals surface area (Å²) < 4.78 is 24.2. The van der Waals surface area contributed by atoms with Crippen LogP contribution in [0.1, 0.15) is 61.8 Å². The van der Waals surface area contributed by atoms with Crippen LogP contribution in [0.4, 0.5) is 0 Å². The fourth-order valence-corrected chi connectivity index (χ4v) is 2.46. The molecule has 0 spiro atoms. The molecule has 0 saturated carbocycles. The summed E-state index contributed by atoms with van der Waals surface area (Å²) >= 11 is 0. The van der Waals surface area contributed by atoms with Gasteiger partial charge in [-0.05, 0) is 54.9 Å². The van der Waals surface area contributed by atoms with Crippen molar-refractivity contribution in [3.63, 3.8) is 0 Å². The maximum Gasteiger partial charge on any atom is 0.488 e. The Morgan fingerprint density at radius 2 is 1.00 bits per heavy atom. The first-order chi connectivity index (χ1) is 8.44. The van der Waals surface area contributed by atoms with Gasteiger partial charge in [0.25, 0.3) is 0 Å². The molecule has 0 N–H and O–H groups in total. The minimum atomic E-state index is -0.474. The second kappa shape index (κ2) is 4.23. The molecule has 0 aromatic carbocycles. The first kappa shape index (κ1) is 15.4. The quantitative estimate of drug-likeness (QED) is 0.721. The Morgan fingerprint density at radius 1 is 0.632 bits per heavy atom. The van der Waals surface area contributed by atoms with E-state index in [1.165, 1.54) is 0 Å². The van der Waals surface area contributed by atoms with Gasteiger partial charge in [-0.15, -0.1) is 0 Å². The molecular formula is C13H26B2O4. The first-order valence-corrected chi connectivity index (χ1v) is 7.15. The fourth-order valence-electron chi connectivity index (χ4n) is 2.46. The zero-order chi connectivity index (χ0) is 14.7. The molecule has 108 valence electrons. The predicted molar refractivity (Wildman–Crippen MR) is 76.8 cm³/mol. The molecule has 0 bridgehead atoms. The van der Waals surface area contributed by atoms with E-state index < -0.39 is 14.0 Å². The molecule has 0 aromatic heterocycles. The Labute approximate surface area is 117 Å². The normalized spacial score (nSPS) is 36.0. The molecule has 6 heteroatoms. The Hall–Kier alpha value is -0.0301. The summed E-state index contributed by atoms with van der Waals surface area (Å²) in [6.07, 6.45) is 0.885. The molecule has 4 nitrogen and oxygen atoms in total. The molecule has 2 aliphatic rings. The van der Waals surface area contributed by atoms with E-state index in [2.05, 4.69) is 27.7 Å². The van der Waals surface area contributed by atoms with Crippen LogP contribution in [0.25, 0.3) is 0 Å². The van der Waals surface area contributed by atoms with Crippen LogP contribution in [0.2, 0.25) is 0 Å². The van der Waals surface area contributed by atoms with Gasteiger partial charge in [0, 0.05) is 0 Å². The molecule has 19 heavy (non-hydrogen) atoms. The Bertz CT molecular complexity index is 354. The van der Waals surface area contributed by atoms with Crippen molar-refractivity contribution >= 4 is 14.0 Å². The number of rotatable bonds is 2. The molecule has 2 aliphatic heterocycles. The number of hydrogen-bond donors (Lipinski definition) is 0. The van der Waals surface area contributed by atoms with Crippen molar-refractivity contribution in [3.05, 3.63) is 0 Å². The maximum absolute atomic E-state index is 6.11. The topological polar surface area (TPSA) is 36.9 Å². The second-order valence-corrected chi connectivity index (χ2v) is 7.32. The molecule has 1 atom stereocenters. The molecule has 0 radical (unpaired) electrons. The van der Waals surface area contributed by atoms with Crippen molar-refractivity contribution in [2.24, 2.45) is 0 Å². The second-order valence-electron chi connectivity index (χ2n) is 7.32. The van der Waals surface area contributed by atoms with Crippen molar-refractivity contribution in [1.29, 1.82) is 0 Å². The summed E-state index contributed by atoms with van der Waals surface area (Å²) in [6, 6.07) is 0. The summed E-state index contributed by atoms with van der Waals surface area (Å²) in [5.74, 6) is 0. The molecule has 2 heterocycles. The fraction of sp³-hybridized carbons (Fsp3) is 1.00. The van der Waals surface area contributed by atoms with E-state index in [0.29, 0.717) is 0 Å². The van der Waals surface area contributed by atoms with E-state index in [-0.39, 0.29) is 22.4 Å². The zero-order valence-electron chi connectivity index (χ0n) is 13.5. The lowest BCUT2D eigenvalue weighted by atomic mass is 9.49. The van der Waals surface area contributed by atoms with Gasteiger partial charge in [-0.1, -0.05) is 6.92 Å². The van der Waals surface area contributed by atoms with Crippen LogP contribution in [0, 0.1) is 0 Å². The van der Waals surface area contributed by atoms with Crippen LogP contribution in [0.5, 0.6) is 0 Å². The van der Waals surface area contributed by atoms with E-state index in [1.54, 1.807) is 0 Å². The van der Waals surface area contributed by atoms with Gasteiger partial charge in [-0.2, -0.15) is 0 Å². The molecule has 0 aliphatic carbocycles. The molecule has 2 fully saturated rings. The van der Waals surface area contributed by atoms with Crippen molar-refractivity contribution in [2.45, 2.75) is 84.2 Å². The molecule has 1 unspecified atom stereocenters. The van der Waals surface area contributed by atoms with Crippen LogP contribution < -0.4 is 0 Å². The van der Waals surface area contributed by atoms with Crippen molar-refractivity contribution < 1.29 is 18.6 Å². The van der Waals surface area contributed by atoms with Gasteiger partial charge in [0.15, 0.2) is 0 Å². The Balaban J connectivity index is 2.15. The maximum atomic E-state index is 6.11. The summed E-state index contributed by atoms with van der Waals surface area (Å²) in [5.41, 5.74) is -1.39.